The van der Waals surface area contributed by atoms with E-state index in [0.717, 1.165) is 5.56 Å². The maximum absolute atomic E-state index is 12.9. The van der Waals surface area contributed by atoms with Crippen LogP contribution in [0.5, 0.6) is 0 Å². The van der Waals surface area contributed by atoms with Crippen LogP contribution in [0.25, 0.3) is 0 Å². The SMILES string of the molecule is Cc1c(NC(=O)c2ccccc2)cccc1NC(=O)C1CC(=O)N(c2cccc(Cl)c2)C1. The molecule has 6 nitrogen and oxygen atoms in total. The normalized spacial score (nSPS) is 15.5. The minimum absolute atomic E-state index is 0.118. The number of rotatable bonds is 5. The summed E-state index contributed by atoms with van der Waals surface area (Å²) >= 11 is 6.04. The average molecular weight is 448 g/mol. The summed E-state index contributed by atoms with van der Waals surface area (Å²) in [4.78, 5) is 39.5. The molecule has 0 radical (unpaired) electrons. The second-order valence-corrected chi connectivity index (χ2v) is 8.11. The number of hydrogen-bond acceptors (Lipinski definition) is 3. The summed E-state index contributed by atoms with van der Waals surface area (Å²) in [6.45, 7) is 2.11. The molecule has 1 heterocycles. The fraction of sp³-hybridized carbons (Fsp3) is 0.160. The number of halogens is 1. The third-order valence-corrected chi connectivity index (χ3v) is 5.73. The quantitative estimate of drug-likeness (QED) is 0.584. The lowest BCUT2D eigenvalue weighted by Gasteiger charge is -2.18. The van der Waals surface area contributed by atoms with Gasteiger partial charge in [-0.3, -0.25) is 14.4 Å². The monoisotopic (exact) mass is 447 g/mol. The Balaban J connectivity index is 1.45. The lowest BCUT2D eigenvalue weighted by molar-refractivity contribution is -0.122. The summed E-state index contributed by atoms with van der Waals surface area (Å²) in [7, 11) is 0. The van der Waals surface area contributed by atoms with Crippen molar-refractivity contribution >= 4 is 46.4 Å². The van der Waals surface area contributed by atoms with Gasteiger partial charge in [0.1, 0.15) is 0 Å². The van der Waals surface area contributed by atoms with Gasteiger partial charge >= 0.3 is 0 Å². The number of carbonyl (C=O) groups excluding carboxylic acids is 3. The number of benzene rings is 3. The van der Waals surface area contributed by atoms with Crippen molar-refractivity contribution in [3.8, 4) is 0 Å². The molecular formula is C25H22ClN3O3. The molecule has 1 aliphatic rings. The molecule has 1 fully saturated rings. The molecular weight excluding hydrogens is 426 g/mol. The van der Waals surface area contributed by atoms with Gasteiger partial charge in [-0.2, -0.15) is 0 Å². The van der Waals surface area contributed by atoms with Crippen molar-refractivity contribution in [1.29, 1.82) is 0 Å². The van der Waals surface area contributed by atoms with Gasteiger partial charge in [-0.25, -0.2) is 0 Å². The molecule has 7 heteroatoms. The first-order chi connectivity index (χ1) is 15.4. The van der Waals surface area contributed by atoms with Crippen molar-refractivity contribution in [2.45, 2.75) is 13.3 Å². The smallest absolute Gasteiger partial charge is 0.255 e. The molecule has 3 amide bonds. The fourth-order valence-corrected chi connectivity index (χ4v) is 3.89. The Bertz CT molecular complexity index is 1180. The summed E-state index contributed by atoms with van der Waals surface area (Å²) < 4.78 is 0. The first kappa shape index (κ1) is 21.6. The maximum atomic E-state index is 12.9. The highest BCUT2D eigenvalue weighted by atomic mass is 35.5. The third-order valence-electron chi connectivity index (χ3n) is 5.49. The van der Waals surface area contributed by atoms with Crippen LogP contribution in [0.3, 0.4) is 0 Å². The van der Waals surface area contributed by atoms with Crippen LogP contribution in [0.4, 0.5) is 17.1 Å². The van der Waals surface area contributed by atoms with Crippen molar-refractivity contribution in [2.75, 3.05) is 22.1 Å². The van der Waals surface area contributed by atoms with Gasteiger partial charge in [0, 0.05) is 40.6 Å². The third kappa shape index (κ3) is 4.65. The zero-order valence-corrected chi connectivity index (χ0v) is 18.2. The molecule has 0 spiro atoms. The zero-order chi connectivity index (χ0) is 22.7. The molecule has 0 saturated carbocycles. The largest absolute Gasteiger partial charge is 0.325 e. The van der Waals surface area contributed by atoms with Crippen molar-refractivity contribution in [1.82, 2.24) is 0 Å². The molecule has 2 N–H and O–H groups in total. The van der Waals surface area contributed by atoms with E-state index in [9.17, 15) is 14.4 Å². The Morgan fingerprint density at radius 2 is 1.62 bits per heavy atom. The van der Waals surface area contributed by atoms with Crippen LogP contribution in [0, 0.1) is 12.8 Å². The topological polar surface area (TPSA) is 78.5 Å². The van der Waals surface area contributed by atoms with Gasteiger partial charge in [0.2, 0.25) is 11.8 Å². The van der Waals surface area contributed by atoms with E-state index in [2.05, 4.69) is 10.6 Å². The van der Waals surface area contributed by atoms with Gasteiger partial charge in [0.25, 0.3) is 5.91 Å². The van der Waals surface area contributed by atoms with Crippen molar-refractivity contribution in [2.24, 2.45) is 5.92 Å². The number of nitrogens with zero attached hydrogens (tertiary/aromatic N) is 1. The second-order valence-electron chi connectivity index (χ2n) is 7.67. The predicted molar refractivity (Wildman–Crippen MR) is 126 cm³/mol. The number of anilines is 3. The summed E-state index contributed by atoms with van der Waals surface area (Å²) in [5.74, 6) is -1.07. The van der Waals surface area contributed by atoms with E-state index in [1.54, 1.807) is 71.6 Å². The molecule has 0 bridgehead atoms. The predicted octanol–water partition coefficient (Wildman–Crippen LogP) is 4.89. The molecule has 1 saturated heterocycles. The van der Waals surface area contributed by atoms with Gasteiger partial charge in [-0.05, 0) is 55.0 Å². The molecule has 1 atom stereocenters. The lowest BCUT2D eigenvalue weighted by atomic mass is 10.1. The van der Waals surface area contributed by atoms with E-state index in [1.165, 1.54) is 0 Å². The maximum Gasteiger partial charge on any atom is 0.255 e. The minimum atomic E-state index is -0.483. The van der Waals surface area contributed by atoms with Gasteiger partial charge in [0.05, 0.1) is 5.92 Å². The van der Waals surface area contributed by atoms with Crippen LogP contribution in [0.2, 0.25) is 5.02 Å². The second kappa shape index (κ2) is 9.24. The van der Waals surface area contributed by atoms with Gasteiger partial charge < -0.3 is 15.5 Å². The molecule has 162 valence electrons. The summed E-state index contributed by atoms with van der Waals surface area (Å²) in [5, 5.41) is 6.34. The number of carbonyl (C=O) groups is 3. The van der Waals surface area contributed by atoms with E-state index in [-0.39, 0.29) is 30.7 Å². The standard InChI is InChI=1S/C25H22ClN3O3/c1-16-21(27-24(31)17-7-3-2-4-8-17)11-6-12-22(16)28-25(32)18-13-23(30)29(15-18)20-10-5-9-19(26)14-20/h2-12,14,18H,13,15H2,1H3,(H,27,31)(H,28,32). The summed E-state index contributed by atoms with van der Waals surface area (Å²) in [5.41, 5.74) is 3.17. The molecule has 0 aliphatic carbocycles. The first-order valence-corrected chi connectivity index (χ1v) is 10.6. The van der Waals surface area contributed by atoms with Gasteiger partial charge in [-0.15, -0.1) is 0 Å². The Morgan fingerprint density at radius 1 is 0.938 bits per heavy atom. The minimum Gasteiger partial charge on any atom is -0.325 e. The van der Waals surface area contributed by atoms with E-state index in [1.807, 2.05) is 13.0 Å². The van der Waals surface area contributed by atoms with E-state index < -0.39 is 5.92 Å². The molecule has 3 aromatic rings. The van der Waals surface area contributed by atoms with Crippen LogP contribution in [-0.2, 0) is 9.59 Å². The van der Waals surface area contributed by atoms with Crippen molar-refractivity contribution in [3.05, 3.63) is 88.9 Å². The van der Waals surface area contributed by atoms with E-state index >= 15 is 0 Å². The fourth-order valence-electron chi connectivity index (χ4n) is 3.70. The van der Waals surface area contributed by atoms with Crippen LogP contribution < -0.4 is 15.5 Å². The van der Waals surface area contributed by atoms with Crippen LogP contribution in [0.1, 0.15) is 22.3 Å². The van der Waals surface area contributed by atoms with Crippen molar-refractivity contribution in [3.63, 3.8) is 0 Å². The Hall–Kier alpha value is -3.64. The first-order valence-electron chi connectivity index (χ1n) is 10.2. The van der Waals surface area contributed by atoms with Crippen LogP contribution >= 0.6 is 11.6 Å². The Morgan fingerprint density at radius 3 is 2.34 bits per heavy atom. The number of hydrogen-bond donors (Lipinski definition) is 2. The Kier molecular flexibility index (Phi) is 6.23. The number of nitrogens with one attached hydrogen (secondary N) is 2. The highest BCUT2D eigenvalue weighted by Crippen LogP contribution is 2.29. The summed E-state index contributed by atoms with van der Waals surface area (Å²) in [6, 6.07) is 21.3. The molecule has 32 heavy (non-hydrogen) atoms. The highest BCUT2D eigenvalue weighted by Gasteiger charge is 2.35. The molecule has 4 rings (SSSR count). The Labute approximate surface area is 191 Å². The molecule has 3 aromatic carbocycles. The summed E-state index contributed by atoms with van der Waals surface area (Å²) in [6.07, 6.45) is 0.127. The van der Waals surface area contributed by atoms with Gasteiger partial charge in [0.15, 0.2) is 0 Å². The van der Waals surface area contributed by atoms with Crippen LogP contribution in [0.15, 0.2) is 72.8 Å². The van der Waals surface area contributed by atoms with Crippen LogP contribution in [-0.4, -0.2) is 24.3 Å². The van der Waals surface area contributed by atoms with E-state index in [4.69, 9.17) is 11.6 Å². The number of amides is 3. The van der Waals surface area contributed by atoms with E-state index in [0.29, 0.717) is 27.6 Å². The highest BCUT2D eigenvalue weighted by molar-refractivity contribution is 6.31. The van der Waals surface area contributed by atoms with Crippen molar-refractivity contribution < 1.29 is 14.4 Å². The zero-order valence-electron chi connectivity index (χ0n) is 17.5. The average Bonchev–Trinajstić information content (AvgIpc) is 3.19. The molecule has 1 unspecified atom stereocenters. The molecule has 0 aromatic heterocycles. The lowest BCUT2D eigenvalue weighted by Crippen LogP contribution is -2.28. The molecule has 1 aliphatic heterocycles. The van der Waals surface area contributed by atoms with Gasteiger partial charge in [-0.1, -0.05) is 41.9 Å².